The Bertz CT molecular complexity index is 771. The van der Waals surface area contributed by atoms with Gasteiger partial charge < -0.3 is 13.9 Å². The predicted octanol–water partition coefficient (Wildman–Crippen LogP) is 4.06. The number of oxazole rings is 1. The van der Waals surface area contributed by atoms with Crippen LogP contribution in [0, 0.1) is 0 Å². The lowest BCUT2D eigenvalue weighted by Gasteiger charge is -2.17. The van der Waals surface area contributed by atoms with E-state index < -0.39 is 0 Å². The first-order chi connectivity index (χ1) is 11.2. The molecule has 0 fully saturated rings. The number of hydrogen-bond acceptors (Lipinski definition) is 6. The van der Waals surface area contributed by atoms with Gasteiger partial charge in [0.2, 0.25) is 0 Å². The first kappa shape index (κ1) is 15.0. The van der Waals surface area contributed by atoms with Gasteiger partial charge in [0.25, 0.3) is 0 Å². The van der Waals surface area contributed by atoms with Crippen molar-refractivity contribution in [3.8, 4) is 28.5 Å². The molecular weight excluding hydrogens is 294 g/mol. The maximum Gasteiger partial charge on any atom is 0.181 e. The van der Waals surface area contributed by atoms with Gasteiger partial charge in [-0.1, -0.05) is 13.8 Å². The third-order valence-corrected chi connectivity index (χ3v) is 3.43. The Balaban J connectivity index is 2.10. The molecule has 0 saturated carbocycles. The molecule has 0 N–H and O–H groups in total. The predicted molar refractivity (Wildman–Crippen MR) is 84.7 cm³/mol. The van der Waals surface area contributed by atoms with E-state index in [1.807, 2.05) is 12.1 Å². The van der Waals surface area contributed by atoms with Crippen molar-refractivity contribution in [3.63, 3.8) is 0 Å². The molecule has 0 amide bonds. The number of methoxy groups -OCH3 is 1. The zero-order chi connectivity index (χ0) is 16.2. The Morgan fingerprint density at radius 3 is 2.48 bits per heavy atom. The van der Waals surface area contributed by atoms with Crippen LogP contribution in [0.1, 0.15) is 25.3 Å². The molecule has 0 aliphatic rings. The fraction of sp³-hybridized carbons (Fsp3) is 0.235. The van der Waals surface area contributed by atoms with E-state index in [1.54, 1.807) is 25.8 Å². The van der Waals surface area contributed by atoms with E-state index in [4.69, 9.17) is 13.9 Å². The first-order valence-electron chi connectivity index (χ1n) is 7.22. The van der Waals surface area contributed by atoms with Crippen molar-refractivity contribution in [3.05, 3.63) is 49.1 Å². The van der Waals surface area contributed by atoms with Crippen molar-refractivity contribution in [2.24, 2.45) is 0 Å². The summed E-state index contributed by atoms with van der Waals surface area (Å²) in [6.45, 7) is 4.19. The molecule has 0 bridgehead atoms. The van der Waals surface area contributed by atoms with Gasteiger partial charge in [-0.2, -0.15) is 0 Å². The van der Waals surface area contributed by atoms with E-state index in [0.717, 1.165) is 16.9 Å². The van der Waals surface area contributed by atoms with Gasteiger partial charge in [0, 0.05) is 11.1 Å². The third kappa shape index (κ3) is 3.15. The van der Waals surface area contributed by atoms with Gasteiger partial charge in [0.1, 0.15) is 29.8 Å². The number of hydrogen-bond donors (Lipinski definition) is 0. The van der Waals surface area contributed by atoms with Crippen molar-refractivity contribution in [2.75, 3.05) is 7.11 Å². The van der Waals surface area contributed by atoms with Crippen LogP contribution in [0.5, 0.6) is 17.2 Å². The normalized spacial score (nSPS) is 10.8. The van der Waals surface area contributed by atoms with Crippen LogP contribution < -0.4 is 9.47 Å². The average molecular weight is 311 g/mol. The molecule has 23 heavy (non-hydrogen) atoms. The lowest BCUT2D eigenvalue weighted by molar-refractivity contribution is 0.412. The maximum absolute atomic E-state index is 5.97. The first-order valence-corrected chi connectivity index (χ1v) is 7.22. The minimum Gasteiger partial charge on any atom is -0.496 e. The summed E-state index contributed by atoms with van der Waals surface area (Å²) in [7, 11) is 1.63. The zero-order valence-corrected chi connectivity index (χ0v) is 13.2. The minimum absolute atomic E-state index is 0.259. The van der Waals surface area contributed by atoms with Gasteiger partial charge in [-0.05, 0) is 18.1 Å². The molecule has 0 aliphatic heterocycles. The van der Waals surface area contributed by atoms with E-state index in [1.165, 1.54) is 12.7 Å². The molecule has 6 heteroatoms. The van der Waals surface area contributed by atoms with Crippen molar-refractivity contribution in [2.45, 2.75) is 19.8 Å². The van der Waals surface area contributed by atoms with Crippen LogP contribution in [0.25, 0.3) is 11.3 Å². The summed E-state index contributed by atoms with van der Waals surface area (Å²) in [6, 6.07) is 3.87. The molecule has 0 spiro atoms. The standard InChI is InChI=1S/C17H17N3O3/c1-11(2)13-4-16(21-3)14(15-8-22-10-20-15)5-17(13)23-12-6-18-9-19-7-12/h4-11H,1-3H3. The van der Waals surface area contributed by atoms with Gasteiger partial charge in [0.15, 0.2) is 12.1 Å². The van der Waals surface area contributed by atoms with Crippen molar-refractivity contribution >= 4 is 0 Å². The van der Waals surface area contributed by atoms with Crippen molar-refractivity contribution in [1.82, 2.24) is 15.0 Å². The molecule has 2 aromatic heterocycles. The largest absolute Gasteiger partial charge is 0.496 e. The summed E-state index contributed by atoms with van der Waals surface area (Å²) < 4.78 is 16.6. The lowest BCUT2D eigenvalue weighted by Crippen LogP contribution is -1.98. The van der Waals surface area contributed by atoms with Crippen LogP contribution in [0.4, 0.5) is 0 Å². The lowest BCUT2D eigenvalue weighted by atomic mass is 9.98. The summed E-state index contributed by atoms with van der Waals surface area (Å²) >= 11 is 0. The monoisotopic (exact) mass is 311 g/mol. The molecule has 0 aliphatic carbocycles. The van der Waals surface area contributed by atoms with Gasteiger partial charge in [-0.25, -0.2) is 15.0 Å². The quantitative estimate of drug-likeness (QED) is 0.707. The maximum atomic E-state index is 5.97. The fourth-order valence-corrected chi connectivity index (χ4v) is 2.29. The Morgan fingerprint density at radius 2 is 1.87 bits per heavy atom. The highest BCUT2D eigenvalue weighted by Crippen LogP contribution is 2.39. The van der Waals surface area contributed by atoms with Crippen LogP contribution >= 0.6 is 0 Å². The molecule has 118 valence electrons. The average Bonchev–Trinajstić information content (AvgIpc) is 3.09. The van der Waals surface area contributed by atoms with Crippen LogP contribution in [0.15, 0.2) is 47.9 Å². The minimum atomic E-state index is 0.259. The Kier molecular flexibility index (Phi) is 4.23. The topological polar surface area (TPSA) is 70.3 Å². The number of ether oxygens (including phenoxy) is 2. The number of aromatic nitrogens is 3. The van der Waals surface area contributed by atoms with E-state index in [9.17, 15) is 0 Å². The molecule has 6 nitrogen and oxygen atoms in total. The highest BCUT2D eigenvalue weighted by molar-refractivity contribution is 5.70. The van der Waals surface area contributed by atoms with Crippen LogP contribution in [-0.2, 0) is 0 Å². The highest BCUT2D eigenvalue weighted by atomic mass is 16.5. The molecule has 0 unspecified atom stereocenters. The summed E-state index contributed by atoms with van der Waals surface area (Å²) in [6.07, 6.45) is 7.66. The molecule has 2 heterocycles. The molecule has 0 atom stereocenters. The molecule has 1 aromatic carbocycles. The molecule has 3 rings (SSSR count). The molecule has 0 saturated heterocycles. The van der Waals surface area contributed by atoms with E-state index >= 15 is 0 Å². The summed E-state index contributed by atoms with van der Waals surface area (Å²) in [4.78, 5) is 12.1. The van der Waals surface area contributed by atoms with Gasteiger partial charge in [-0.3, -0.25) is 0 Å². The third-order valence-electron chi connectivity index (χ3n) is 3.43. The number of benzene rings is 1. The molecule has 3 aromatic rings. The smallest absolute Gasteiger partial charge is 0.181 e. The van der Waals surface area contributed by atoms with Crippen LogP contribution in [-0.4, -0.2) is 22.1 Å². The summed E-state index contributed by atoms with van der Waals surface area (Å²) in [5.41, 5.74) is 2.52. The van der Waals surface area contributed by atoms with Gasteiger partial charge >= 0.3 is 0 Å². The zero-order valence-electron chi connectivity index (χ0n) is 13.2. The second-order valence-corrected chi connectivity index (χ2v) is 5.29. The van der Waals surface area contributed by atoms with Crippen LogP contribution in [0.3, 0.4) is 0 Å². The second kappa shape index (κ2) is 6.48. The Labute approximate surface area is 134 Å². The summed E-state index contributed by atoms with van der Waals surface area (Å²) in [5, 5.41) is 0. The number of nitrogens with zero attached hydrogens (tertiary/aromatic N) is 3. The van der Waals surface area contributed by atoms with Crippen molar-refractivity contribution < 1.29 is 13.9 Å². The van der Waals surface area contributed by atoms with Crippen LogP contribution in [0.2, 0.25) is 0 Å². The Hall–Kier alpha value is -2.89. The Morgan fingerprint density at radius 1 is 1.09 bits per heavy atom. The van der Waals surface area contributed by atoms with Gasteiger partial charge in [-0.15, -0.1) is 0 Å². The van der Waals surface area contributed by atoms with E-state index in [0.29, 0.717) is 17.2 Å². The van der Waals surface area contributed by atoms with Gasteiger partial charge in [0.05, 0.1) is 19.5 Å². The highest BCUT2D eigenvalue weighted by Gasteiger charge is 2.17. The fourth-order valence-electron chi connectivity index (χ4n) is 2.29. The van der Waals surface area contributed by atoms with E-state index in [2.05, 4.69) is 28.8 Å². The second-order valence-electron chi connectivity index (χ2n) is 5.29. The number of rotatable bonds is 5. The SMILES string of the molecule is COc1cc(C(C)C)c(Oc2cncnc2)cc1-c1cocn1. The molecule has 0 radical (unpaired) electrons. The summed E-state index contributed by atoms with van der Waals surface area (Å²) in [5.74, 6) is 2.27. The van der Waals surface area contributed by atoms with Crippen molar-refractivity contribution in [1.29, 1.82) is 0 Å². The van der Waals surface area contributed by atoms with E-state index in [-0.39, 0.29) is 5.92 Å². The molecular formula is C17H17N3O3.